The molecular weight excluding hydrogens is 278 g/mol. The number of hydrogen-bond donors (Lipinski definition) is 2. The van der Waals surface area contributed by atoms with E-state index < -0.39 is 0 Å². The second-order valence-electron chi connectivity index (χ2n) is 3.76. The first kappa shape index (κ1) is 14.0. The summed E-state index contributed by atoms with van der Waals surface area (Å²) in [5.74, 6) is -0.0777. The zero-order valence-electron chi connectivity index (χ0n) is 10.5. The van der Waals surface area contributed by atoms with E-state index in [4.69, 9.17) is 4.74 Å². The fraction of sp³-hybridized carbons (Fsp3) is 0.154. The smallest absolute Gasteiger partial charge is 0.258 e. The van der Waals surface area contributed by atoms with Crippen LogP contribution in [-0.2, 0) is 9.59 Å². The number of benzene rings is 1. The first-order valence-corrected chi connectivity index (χ1v) is 6.76. The van der Waals surface area contributed by atoms with Crippen LogP contribution in [0.5, 0.6) is 5.75 Å². The van der Waals surface area contributed by atoms with Crippen molar-refractivity contribution in [2.24, 2.45) is 0 Å². The van der Waals surface area contributed by atoms with Crippen LogP contribution in [0, 0.1) is 0 Å². The molecule has 7 heteroatoms. The number of carbonyl (C=O) groups excluding carboxylic acids is 2. The van der Waals surface area contributed by atoms with Crippen molar-refractivity contribution in [3.63, 3.8) is 0 Å². The molecule has 1 aromatic carbocycles. The van der Waals surface area contributed by atoms with Gasteiger partial charge in [0.2, 0.25) is 5.91 Å². The highest BCUT2D eigenvalue weighted by Crippen LogP contribution is 2.09. The lowest BCUT2D eigenvalue weighted by atomic mass is 10.3. The third-order valence-corrected chi connectivity index (χ3v) is 2.93. The van der Waals surface area contributed by atoms with Gasteiger partial charge in [-0.05, 0) is 12.1 Å². The number of ether oxygens (including phenoxy) is 1. The average Bonchev–Trinajstić information content (AvgIpc) is 2.97. The van der Waals surface area contributed by atoms with Crippen molar-refractivity contribution in [1.82, 2.24) is 10.3 Å². The van der Waals surface area contributed by atoms with Gasteiger partial charge in [-0.2, -0.15) is 0 Å². The van der Waals surface area contributed by atoms with Crippen molar-refractivity contribution in [2.45, 2.75) is 0 Å². The molecule has 2 amide bonds. The summed E-state index contributed by atoms with van der Waals surface area (Å²) in [4.78, 5) is 26.9. The molecule has 2 aromatic rings. The normalized spacial score (nSPS) is 9.80. The molecule has 2 rings (SSSR count). The Morgan fingerprint density at radius 2 is 2.00 bits per heavy atom. The fourth-order valence-corrected chi connectivity index (χ4v) is 1.89. The number of anilines is 1. The molecule has 0 aliphatic carbocycles. The number of nitrogens with zero attached hydrogens (tertiary/aromatic N) is 1. The van der Waals surface area contributed by atoms with Gasteiger partial charge in [0.1, 0.15) is 5.75 Å². The van der Waals surface area contributed by atoms with Gasteiger partial charge in [-0.15, -0.1) is 11.3 Å². The summed E-state index contributed by atoms with van der Waals surface area (Å²) in [7, 11) is 0. The molecule has 0 aliphatic rings. The molecule has 2 N–H and O–H groups in total. The molecule has 0 atom stereocenters. The number of amides is 2. The van der Waals surface area contributed by atoms with Gasteiger partial charge in [-0.3, -0.25) is 9.59 Å². The summed E-state index contributed by atoms with van der Waals surface area (Å²) in [6.07, 6.45) is 1.59. The summed E-state index contributed by atoms with van der Waals surface area (Å²) in [5.41, 5.74) is 0. The summed E-state index contributed by atoms with van der Waals surface area (Å²) >= 11 is 1.31. The van der Waals surface area contributed by atoms with Gasteiger partial charge in [-0.25, -0.2) is 4.98 Å². The molecule has 0 saturated carbocycles. The number of aromatic nitrogens is 1. The van der Waals surface area contributed by atoms with Crippen LogP contribution in [0.3, 0.4) is 0 Å². The number of thiazole rings is 1. The van der Waals surface area contributed by atoms with E-state index in [0.717, 1.165) is 0 Å². The molecule has 20 heavy (non-hydrogen) atoms. The lowest BCUT2D eigenvalue weighted by molar-refractivity contribution is -0.125. The molecule has 0 aliphatic heterocycles. The van der Waals surface area contributed by atoms with E-state index in [1.807, 2.05) is 18.2 Å². The van der Waals surface area contributed by atoms with E-state index in [-0.39, 0.29) is 25.0 Å². The van der Waals surface area contributed by atoms with E-state index in [1.165, 1.54) is 11.3 Å². The number of rotatable bonds is 6. The molecular formula is C13H13N3O3S. The van der Waals surface area contributed by atoms with Crippen LogP contribution in [0.1, 0.15) is 0 Å². The van der Waals surface area contributed by atoms with Crippen LogP contribution in [-0.4, -0.2) is 29.9 Å². The van der Waals surface area contributed by atoms with Gasteiger partial charge in [0.25, 0.3) is 5.91 Å². The monoisotopic (exact) mass is 291 g/mol. The summed E-state index contributed by atoms with van der Waals surface area (Å²) in [6, 6.07) is 8.99. The topological polar surface area (TPSA) is 80.3 Å². The number of carbonyl (C=O) groups is 2. The largest absolute Gasteiger partial charge is 0.484 e. The van der Waals surface area contributed by atoms with E-state index in [9.17, 15) is 9.59 Å². The molecule has 0 spiro atoms. The van der Waals surface area contributed by atoms with Crippen molar-refractivity contribution in [2.75, 3.05) is 18.5 Å². The highest BCUT2D eigenvalue weighted by Gasteiger charge is 2.07. The quantitative estimate of drug-likeness (QED) is 0.840. The minimum absolute atomic E-state index is 0.115. The second-order valence-corrected chi connectivity index (χ2v) is 4.66. The summed E-state index contributed by atoms with van der Waals surface area (Å²) in [5, 5.41) is 7.29. The van der Waals surface area contributed by atoms with Gasteiger partial charge in [0.05, 0.1) is 6.54 Å². The van der Waals surface area contributed by atoms with Crippen LogP contribution in [0.4, 0.5) is 5.13 Å². The lowest BCUT2D eigenvalue weighted by Crippen LogP contribution is -2.35. The van der Waals surface area contributed by atoms with Gasteiger partial charge in [0, 0.05) is 11.6 Å². The number of nitrogens with one attached hydrogen (secondary N) is 2. The van der Waals surface area contributed by atoms with E-state index >= 15 is 0 Å². The number of hydrogen-bond acceptors (Lipinski definition) is 5. The van der Waals surface area contributed by atoms with Crippen molar-refractivity contribution < 1.29 is 14.3 Å². The molecule has 0 radical (unpaired) electrons. The Hall–Kier alpha value is -2.41. The third kappa shape index (κ3) is 4.69. The Labute approximate surface area is 119 Å². The Bertz CT molecular complexity index is 558. The van der Waals surface area contributed by atoms with Gasteiger partial charge in [0.15, 0.2) is 11.7 Å². The minimum atomic E-state index is -0.358. The Balaban J connectivity index is 1.66. The lowest BCUT2D eigenvalue weighted by Gasteiger charge is -2.07. The van der Waals surface area contributed by atoms with Crippen LogP contribution < -0.4 is 15.4 Å². The maximum absolute atomic E-state index is 11.5. The maximum atomic E-state index is 11.5. The van der Waals surface area contributed by atoms with Gasteiger partial charge >= 0.3 is 0 Å². The second kappa shape index (κ2) is 7.25. The van der Waals surface area contributed by atoms with Crippen LogP contribution in [0.15, 0.2) is 41.9 Å². The molecule has 6 nitrogen and oxygen atoms in total. The van der Waals surface area contributed by atoms with Crippen molar-refractivity contribution >= 4 is 28.3 Å². The molecule has 1 aromatic heterocycles. The van der Waals surface area contributed by atoms with Gasteiger partial charge < -0.3 is 15.4 Å². The first-order chi connectivity index (χ1) is 9.74. The highest BCUT2D eigenvalue weighted by atomic mass is 32.1. The zero-order valence-corrected chi connectivity index (χ0v) is 11.4. The van der Waals surface area contributed by atoms with Crippen molar-refractivity contribution in [3.8, 4) is 5.75 Å². The molecule has 104 valence electrons. The SMILES string of the molecule is O=C(COc1ccccc1)NCC(=O)Nc1nccs1. The van der Waals surface area contributed by atoms with Crippen LogP contribution in [0.25, 0.3) is 0 Å². The Morgan fingerprint density at radius 1 is 1.20 bits per heavy atom. The predicted octanol–water partition coefficient (Wildman–Crippen LogP) is 1.28. The molecule has 0 unspecified atom stereocenters. The maximum Gasteiger partial charge on any atom is 0.258 e. The van der Waals surface area contributed by atoms with Gasteiger partial charge in [-0.1, -0.05) is 18.2 Å². The van der Waals surface area contributed by atoms with E-state index in [1.54, 1.807) is 23.7 Å². The standard InChI is InChI=1S/C13H13N3O3S/c17-11(16-13-14-6-7-20-13)8-15-12(18)9-19-10-4-2-1-3-5-10/h1-7H,8-9H2,(H,15,18)(H,14,16,17). The average molecular weight is 291 g/mol. The summed E-state index contributed by atoms with van der Waals surface area (Å²) in [6.45, 7) is -0.245. The Kier molecular flexibility index (Phi) is 5.08. The highest BCUT2D eigenvalue weighted by molar-refractivity contribution is 7.13. The van der Waals surface area contributed by atoms with Crippen molar-refractivity contribution in [3.05, 3.63) is 41.9 Å². The number of para-hydroxylation sites is 1. The van der Waals surface area contributed by atoms with E-state index in [2.05, 4.69) is 15.6 Å². The molecule has 1 heterocycles. The summed E-state index contributed by atoms with van der Waals surface area (Å²) < 4.78 is 5.25. The fourth-order valence-electron chi connectivity index (χ4n) is 1.34. The molecule has 0 saturated heterocycles. The third-order valence-electron chi connectivity index (χ3n) is 2.24. The predicted molar refractivity (Wildman–Crippen MR) is 75.7 cm³/mol. The first-order valence-electron chi connectivity index (χ1n) is 5.88. The van der Waals surface area contributed by atoms with Crippen LogP contribution in [0.2, 0.25) is 0 Å². The minimum Gasteiger partial charge on any atom is -0.484 e. The van der Waals surface area contributed by atoms with Crippen LogP contribution >= 0.6 is 11.3 Å². The van der Waals surface area contributed by atoms with E-state index in [0.29, 0.717) is 10.9 Å². The molecule has 0 fully saturated rings. The molecule has 0 bridgehead atoms. The Morgan fingerprint density at radius 3 is 2.70 bits per heavy atom. The van der Waals surface area contributed by atoms with Crippen molar-refractivity contribution in [1.29, 1.82) is 0 Å². The zero-order chi connectivity index (χ0) is 14.2.